The molecule has 2 aromatic carbocycles. The van der Waals surface area contributed by atoms with Crippen molar-refractivity contribution in [3.05, 3.63) is 77.0 Å². The quantitative estimate of drug-likeness (QED) is 0.481. The Labute approximate surface area is 146 Å². The Balaban J connectivity index is 1.86. The molecule has 0 spiro atoms. The number of esters is 1. The molecule has 24 heavy (non-hydrogen) atoms. The molecule has 0 atom stereocenters. The number of furan rings is 1. The summed E-state index contributed by atoms with van der Waals surface area (Å²) in [5.74, 6) is -0.664. The maximum absolute atomic E-state index is 12.4. The molecule has 3 aromatic rings. The highest BCUT2D eigenvalue weighted by molar-refractivity contribution is 9.10. The summed E-state index contributed by atoms with van der Waals surface area (Å²) < 4.78 is 35.8. The molecule has 0 aliphatic carbocycles. The van der Waals surface area contributed by atoms with Crippen molar-refractivity contribution in [1.82, 2.24) is 0 Å². The van der Waals surface area contributed by atoms with Crippen LogP contribution in [0.2, 0.25) is 0 Å². The topological polar surface area (TPSA) is 73.6 Å². The van der Waals surface area contributed by atoms with Crippen molar-refractivity contribution in [2.45, 2.75) is 9.99 Å². The van der Waals surface area contributed by atoms with Crippen LogP contribution in [0.4, 0.5) is 0 Å². The molecule has 0 unspecified atom stereocenters. The predicted octanol–water partition coefficient (Wildman–Crippen LogP) is 4.09. The number of carbonyl (C=O) groups excluding carboxylic acids is 1. The lowest BCUT2D eigenvalue weighted by Crippen LogP contribution is -2.08. The van der Waals surface area contributed by atoms with Gasteiger partial charge in [-0.15, -0.1) is 0 Å². The molecule has 0 fully saturated rings. The van der Waals surface area contributed by atoms with E-state index in [9.17, 15) is 13.2 Å². The van der Waals surface area contributed by atoms with E-state index in [1.165, 1.54) is 24.3 Å². The predicted molar refractivity (Wildman–Crippen MR) is 89.7 cm³/mol. The van der Waals surface area contributed by atoms with Gasteiger partial charge in [0.25, 0.3) is 0 Å². The molecule has 0 amide bonds. The normalized spacial score (nSPS) is 11.2. The number of carbonyl (C=O) groups is 1. The summed E-state index contributed by atoms with van der Waals surface area (Å²) in [4.78, 5) is 12.2. The first-order chi connectivity index (χ1) is 11.5. The van der Waals surface area contributed by atoms with Gasteiger partial charge in [-0.3, -0.25) is 0 Å². The van der Waals surface area contributed by atoms with Crippen LogP contribution in [0, 0.1) is 0 Å². The van der Waals surface area contributed by atoms with Gasteiger partial charge in [-0.2, -0.15) is 0 Å². The fourth-order valence-corrected chi connectivity index (χ4v) is 3.53. The summed E-state index contributed by atoms with van der Waals surface area (Å²) in [6.07, 6.45) is 0. The number of hydrogen-bond acceptors (Lipinski definition) is 5. The highest BCUT2D eigenvalue weighted by Gasteiger charge is 2.24. The lowest BCUT2D eigenvalue weighted by molar-refractivity contribution is 0.0694. The fraction of sp³-hybridized carbons (Fsp3) is 0. The van der Waals surface area contributed by atoms with Gasteiger partial charge in [-0.25, -0.2) is 13.2 Å². The molecule has 0 aliphatic rings. The van der Waals surface area contributed by atoms with E-state index in [2.05, 4.69) is 15.9 Å². The van der Waals surface area contributed by atoms with E-state index in [4.69, 9.17) is 9.15 Å². The van der Waals surface area contributed by atoms with E-state index in [0.29, 0.717) is 10.2 Å². The van der Waals surface area contributed by atoms with Crippen LogP contribution in [0.3, 0.4) is 0 Å². The van der Waals surface area contributed by atoms with Crippen LogP contribution in [0.15, 0.2) is 85.6 Å². The van der Waals surface area contributed by atoms with Crippen LogP contribution in [-0.4, -0.2) is 14.4 Å². The molecule has 0 saturated carbocycles. The molecule has 7 heteroatoms. The summed E-state index contributed by atoms with van der Waals surface area (Å²) >= 11 is 3.26. The van der Waals surface area contributed by atoms with Gasteiger partial charge in [0.05, 0.1) is 9.37 Å². The lowest BCUT2D eigenvalue weighted by atomic mass is 10.3. The Bertz CT molecular complexity index is 977. The second-order valence-electron chi connectivity index (χ2n) is 4.76. The Kier molecular flexibility index (Phi) is 4.55. The summed E-state index contributed by atoms with van der Waals surface area (Å²) in [5, 5.41) is -0.312. The van der Waals surface area contributed by atoms with Gasteiger partial charge in [0, 0.05) is 0 Å². The van der Waals surface area contributed by atoms with Gasteiger partial charge in [0.1, 0.15) is 5.75 Å². The molecule has 0 aliphatic heterocycles. The SMILES string of the molecule is O=C(Oc1ccccc1Br)c1ccc(S(=O)(=O)c2ccccc2)o1. The van der Waals surface area contributed by atoms with Crippen molar-refractivity contribution in [3.8, 4) is 5.75 Å². The summed E-state index contributed by atoms with van der Waals surface area (Å²) in [7, 11) is -3.82. The van der Waals surface area contributed by atoms with Gasteiger partial charge < -0.3 is 9.15 Å². The number of rotatable bonds is 4. The van der Waals surface area contributed by atoms with Crippen molar-refractivity contribution >= 4 is 31.7 Å². The molecule has 0 N–H and O–H groups in total. The third-order valence-corrected chi connectivity index (χ3v) is 5.44. The molecule has 122 valence electrons. The van der Waals surface area contributed by atoms with E-state index in [1.807, 2.05) is 0 Å². The maximum Gasteiger partial charge on any atom is 0.379 e. The Morgan fingerprint density at radius 3 is 2.29 bits per heavy atom. The van der Waals surface area contributed by atoms with Crippen molar-refractivity contribution < 1.29 is 22.4 Å². The molecule has 3 rings (SSSR count). The second-order valence-corrected chi connectivity index (χ2v) is 7.49. The Morgan fingerprint density at radius 2 is 1.58 bits per heavy atom. The highest BCUT2D eigenvalue weighted by Crippen LogP contribution is 2.26. The number of sulfone groups is 1. The molecule has 5 nitrogen and oxygen atoms in total. The summed E-state index contributed by atoms with van der Waals surface area (Å²) in [6.45, 7) is 0. The third-order valence-electron chi connectivity index (χ3n) is 3.14. The van der Waals surface area contributed by atoms with Gasteiger partial charge >= 0.3 is 5.97 Å². The molecular formula is C17H11BrO5S. The Hall–Kier alpha value is -2.38. The van der Waals surface area contributed by atoms with E-state index < -0.39 is 15.8 Å². The largest absolute Gasteiger partial charge is 0.437 e. The molecule has 1 heterocycles. The van der Waals surface area contributed by atoms with Crippen LogP contribution in [-0.2, 0) is 9.84 Å². The minimum absolute atomic E-state index is 0.0880. The van der Waals surface area contributed by atoms with Crippen LogP contribution in [0.5, 0.6) is 5.75 Å². The van der Waals surface area contributed by atoms with Crippen LogP contribution in [0.25, 0.3) is 0 Å². The van der Waals surface area contributed by atoms with Crippen molar-refractivity contribution in [2.24, 2.45) is 0 Å². The number of ether oxygens (including phenoxy) is 1. The smallest absolute Gasteiger partial charge is 0.379 e. The van der Waals surface area contributed by atoms with Crippen LogP contribution >= 0.6 is 15.9 Å². The summed E-state index contributed by atoms with van der Waals surface area (Å²) in [6, 6.07) is 17.2. The zero-order chi connectivity index (χ0) is 17.2. The number of benzene rings is 2. The van der Waals surface area contributed by atoms with E-state index in [1.54, 1.807) is 42.5 Å². The van der Waals surface area contributed by atoms with Crippen molar-refractivity contribution in [3.63, 3.8) is 0 Å². The van der Waals surface area contributed by atoms with Crippen LogP contribution < -0.4 is 4.74 Å². The highest BCUT2D eigenvalue weighted by atomic mass is 79.9. The first-order valence-corrected chi connectivity index (χ1v) is 9.13. The van der Waals surface area contributed by atoms with Gasteiger partial charge in [-0.1, -0.05) is 30.3 Å². The summed E-state index contributed by atoms with van der Waals surface area (Å²) in [5.41, 5.74) is 0. The minimum atomic E-state index is -3.82. The average Bonchev–Trinajstić information content (AvgIpc) is 3.09. The molecule has 1 aromatic heterocycles. The average molecular weight is 407 g/mol. The fourth-order valence-electron chi connectivity index (χ4n) is 1.97. The van der Waals surface area contributed by atoms with E-state index >= 15 is 0 Å². The second kappa shape index (κ2) is 6.62. The van der Waals surface area contributed by atoms with E-state index in [-0.39, 0.29) is 15.7 Å². The standard InChI is InChI=1S/C17H11BrO5S/c18-13-8-4-5-9-14(13)23-17(19)15-10-11-16(22-15)24(20,21)12-6-2-1-3-7-12/h1-11H. The first kappa shape index (κ1) is 16.5. The van der Waals surface area contributed by atoms with Crippen molar-refractivity contribution in [1.29, 1.82) is 0 Å². The van der Waals surface area contributed by atoms with Crippen molar-refractivity contribution in [2.75, 3.05) is 0 Å². The number of para-hydroxylation sites is 1. The minimum Gasteiger partial charge on any atom is -0.437 e. The lowest BCUT2D eigenvalue weighted by Gasteiger charge is -2.04. The zero-order valence-corrected chi connectivity index (χ0v) is 14.6. The maximum atomic E-state index is 12.4. The number of hydrogen-bond donors (Lipinski definition) is 0. The van der Waals surface area contributed by atoms with Gasteiger partial charge in [-0.05, 0) is 52.3 Å². The third kappa shape index (κ3) is 3.27. The molecule has 0 bridgehead atoms. The number of halogens is 1. The zero-order valence-electron chi connectivity index (χ0n) is 12.2. The monoisotopic (exact) mass is 406 g/mol. The molecule has 0 radical (unpaired) electrons. The molecule has 0 saturated heterocycles. The van der Waals surface area contributed by atoms with E-state index in [0.717, 1.165) is 0 Å². The van der Waals surface area contributed by atoms with Gasteiger partial charge in [0.2, 0.25) is 20.7 Å². The van der Waals surface area contributed by atoms with Crippen LogP contribution in [0.1, 0.15) is 10.6 Å². The Morgan fingerprint density at radius 1 is 0.917 bits per heavy atom. The molecular weight excluding hydrogens is 396 g/mol. The van der Waals surface area contributed by atoms with Gasteiger partial charge in [0.15, 0.2) is 0 Å². The first-order valence-electron chi connectivity index (χ1n) is 6.85.